The number of anilines is 1. The van der Waals surface area contributed by atoms with Crippen molar-refractivity contribution in [3.8, 4) is 0 Å². The van der Waals surface area contributed by atoms with Gasteiger partial charge in [-0.25, -0.2) is 9.59 Å². The Labute approximate surface area is 162 Å². The van der Waals surface area contributed by atoms with Gasteiger partial charge in [-0.2, -0.15) is 0 Å². The average Bonchev–Trinajstić information content (AvgIpc) is 2.88. The van der Waals surface area contributed by atoms with Gasteiger partial charge in [0, 0.05) is 5.69 Å². The lowest BCUT2D eigenvalue weighted by Gasteiger charge is -2.40. The van der Waals surface area contributed by atoms with E-state index in [0.717, 1.165) is 4.90 Å². The lowest BCUT2D eigenvalue weighted by atomic mass is 9.71. The smallest absolute Gasteiger partial charge is 0.332 e. The third-order valence-corrected chi connectivity index (χ3v) is 5.35. The highest BCUT2D eigenvalue weighted by Crippen LogP contribution is 2.49. The van der Waals surface area contributed by atoms with Gasteiger partial charge in [0.1, 0.15) is 0 Å². The van der Waals surface area contributed by atoms with Crippen LogP contribution in [-0.4, -0.2) is 40.6 Å². The minimum atomic E-state index is -2.14. The summed E-state index contributed by atoms with van der Waals surface area (Å²) in [4.78, 5) is 40.1. The van der Waals surface area contributed by atoms with E-state index in [4.69, 9.17) is 10.5 Å². The lowest BCUT2D eigenvalue weighted by molar-refractivity contribution is -0.159. The Hall–Kier alpha value is -3.19. The van der Waals surface area contributed by atoms with Crippen LogP contribution in [0.5, 0.6) is 0 Å². The Morgan fingerprint density at radius 2 is 1.64 bits per heavy atom. The first kappa shape index (κ1) is 19.6. The van der Waals surface area contributed by atoms with Crippen molar-refractivity contribution in [1.82, 2.24) is 0 Å². The summed E-state index contributed by atoms with van der Waals surface area (Å²) in [5.74, 6) is -4.11. The maximum absolute atomic E-state index is 13.5. The highest BCUT2D eigenvalue weighted by Gasteiger charge is 2.73. The Kier molecular flexibility index (Phi) is 4.95. The zero-order valence-electron chi connectivity index (χ0n) is 15.7. The third kappa shape index (κ3) is 2.58. The molecule has 3 unspecified atom stereocenters. The molecule has 1 aliphatic rings. The van der Waals surface area contributed by atoms with E-state index in [0.29, 0.717) is 11.3 Å². The molecular weight excluding hydrogens is 360 g/mol. The molecule has 3 rings (SSSR count). The van der Waals surface area contributed by atoms with Crippen LogP contribution in [0, 0.1) is 0 Å². The van der Waals surface area contributed by atoms with Gasteiger partial charge in [-0.05, 0) is 31.5 Å². The summed E-state index contributed by atoms with van der Waals surface area (Å²) in [6.45, 7) is 2.90. The number of nitrogens with zero attached hydrogens (tertiary/aromatic N) is 1. The summed E-state index contributed by atoms with van der Waals surface area (Å²) in [5.41, 5.74) is 3.15. The molecule has 28 heavy (non-hydrogen) atoms. The van der Waals surface area contributed by atoms with Crippen molar-refractivity contribution in [2.24, 2.45) is 5.73 Å². The Bertz CT molecular complexity index is 902. The molecule has 146 valence electrons. The van der Waals surface area contributed by atoms with Crippen LogP contribution in [0.3, 0.4) is 0 Å². The highest BCUT2D eigenvalue weighted by atomic mass is 16.5. The SMILES string of the molecule is CCOC(=O)C1(N)C(c2ccccc2)C(=O)N(c2ccccc2)C1(C)C(=O)O. The number of benzene rings is 2. The van der Waals surface area contributed by atoms with Crippen LogP contribution in [0.1, 0.15) is 25.3 Å². The molecule has 1 aliphatic heterocycles. The van der Waals surface area contributed by atoms with Gasteiger partial charge >= 0.3 is 11.9 Å². The van der Waals surface area contributed by atoms with Crippen LogP contribution in [0.15, 0.2) is 60.7 Å². The molecule has 2 aromatic carbocycles. The number of hydrogen-bond acceptors (Lipinski definition) is 5. The number of nitrogens with two attached hydrogens (primary N) is 1. The maximum Gasteiger partial charge on any atom is 0.332 e. The van der Waals surface area contributed by atoms with E-state index in [9.17, 15) is 19.5 Å². The minimum Gasteiger partial charge on any atom is -0.479 e. The monoisotopic (exact) mass is 382 g/mol. The average molecular weight is 382 g/mol. The second-order valence-corrected chi connectivity index (χ2v) is 6.82. The Morgan fingerprint density at radius 3 is 2.14 bits per heavy atom. The van der Waals surface area contributed by atoms with Crippen molar-refractivity contribution in [2.45, 2.75) is 30.8 Å². The molecule has 0 aliphatic carbocycles. The number of rotatable bonds is 5. The van der Waals surface area contributed by atoms with Gasteiger partial charge in [0.05, 0.1) is 12.5 Å². The standard InChI is InChI=1S/C21H22N2O5/c1-3-28-19(27)21(22)16(14-10-6-4-7-11-14)17(24)23(20(21,2)18(25)26)15-12-8-5-9-13-15/h4-13,16H,3,22H2,1-2H3,(H,25,26). The van der Waals surface area contributed by atoms with Crippen LogP contribution in [0.2, 0.25) is 0 Å². The molecule has 7 heteroatoms. The van der Waals surface area contributed by atoms with Gasteiger partial charge in [-0.15, -0.1) is 0 Å². The van der Waals surface area contributed by atoms with E-state index >= 15 is 0 Å². The summed E-state index contributed by atoms with van der Waals surface area (Å²) >= 11 is 0. The number of ether oxygens (including phenoxy) is 1. The van der Waals surface area contributed by atoms with Crippen LogP contribution in [0.4, 0.5) is 5.69 Å². The molecule has 7 nitrogen and oxygen atoms in total. The highest BCUT2D eigenvalue weighted by molar-refractivity contribution is 6.16. The van der Waals surface area contributed by atoms with Gasteiger partial charge in [-0.3, -0.25) is 9.69 Å². The van der Waals surface area contributed by atoms with Crippen molar-refractivity contribution < 1.29 is 24.2 Å². The molecular formula is C21H22N2O5. The summed E-state index contributed by atoms with van der Waals surface area (Å²) in [5, 5.41) is 10.2. The fourth-order valence-electron chi connectivity index (χ4n) is 3.86. The first-order valence-electron chi connectivity index (χ1n) is 8.93. The van der Waals surface area contributed by atoms with Gasteiger partial charge in [0.15, 0.2) is 11.1 Å². The van der Waals surface area contributed by atoms with Gasteiger partial charge in [0.2, 0.25) is 5.91 Å². The van der Waals surface area contributed by atoms with Crippen LogP contribution >= 0.6 is 0 Å². The molecule has 3 atom stereocenters. The number of hydrogen-bond donors (Lipinski definition) is 2. The molecule has 2 aromatic rings. The molecule has 0 spiro atoms. The molecule has 0 bridgehead atoms. The fraction of sp³-hybridized carbons (Fsp3) is 0.286. The summed E-state index contributed by atoms with van der Waals surface area (Å²) in [6, 6.07) is 16.8. The molecule has 1 amide bonds. The van der Waals surface area contributed by atoms with Gasteiger partial charge in [-0.1, -0.05) is 48.5 Å². The predicted molar refractivity (Wildman–Crippen MR) is 103 cm³/mol. The van der Waals surface area contributed by atoms with Crippen molar-refractivity contribution >= 4 is 23.5 Å². The quantitative estimate of drug-likeness (QED) is 0.765. The predicted octanol–water partition coefficient (Wildman–Crippen LogP) is 1.92. The van der Waals surface area contributed by atoms with E-state index < -0.39 is 34.8 Å². The molecule has 0 aromatic heterocycles. The van der Waals surface area contributed by atoms with Crippen molar-refractivity contribution in [1.29, 1.82) is 0 Å². The molecule has 1 saturated heterocycles. The van der Waals surface area contributed by atoms with Crippen molar-refractivity contribution in [3.63, 3.8) is 0 Å². The fourth-order valence-corrected chi connectivity index (χ4v) is 3.86. The summed E-state index contributed by atoms with van der Waals surface area (Å²) in [6.07, 6.45) is 0. The number of para-hydroxylation sites is 1. The summed E-state index contributed by atoms with van der Waals surface area (Å²) < 4.78 is 5.15. The molecule has 0 saturated carbocycles. The molecule has 3 N–H and O–H groups in total. The first-order valence-corrected chi connectivity index (χ1v) is 8.93. The van der Waals surface area contributed by atoms with Crippen molar-refractivity contribution in [2.75, 3.05) is 11.5 Å². The zero-order valence-corrected chi connectivity index (χ0v) is 15.7. The minimum absolute atomic E-state index is 0.00845. The summed E-state index contributed by atoms with van der Waals surface area (Å²) in [7, 11) is 0. The van der Waals surface area contributed by atoms with E-state index in [1.807, 2.05) is 0 Å². The van der Waals surface area contributed by atoms with E-state index in [2.05, 4.69) is 0 Å². The van der Waals surface area contributed by atoms with Crippen LogP contribution < -0.4 is 10.6 Å². The number of carbonyl (C=O) groups is 3. The second-order valence-electron chi connectivity index (χ2n) is 6.82. The van der Waals surface area contributed by atoms with E-state index in [-0.39, 0.29) is 6.61 Å². The Balaban J connectivity index is 2.32. The van der Waals surface area contributed by atoms with E-state index in [1.165, 1.54) is 6.92 Å². The van der Waals surface area contributed by atoms with E-state index in [1.54, 1.807) is 67.6 Å². The van der Waals surface area contributed by atoms with Crippen LogP contribution in [0.25, 0.3) is 0 Å². The number of carboxylic acid groups (broad SMARTS) is 1. The maximum atomic E-state index is 13.5. The number of aliphatic carboxylic acids is 1. The zero-order chi connectivity index (χ0) is 20.5. The second kappa shape index (κ2) is 7.09. The first-order chi connectivity index (χ1) is 13.3. The lowest BCUT2D eigenvalue weighted by Crippen LogP contribution is -2.71. The van der Waals surface area contributed by atoms with Gasteiger partial charge in [0.25, 0.3) is 0 Å². The van der Waals surface area contributed by atoms with Crippen molar-refractivity contribution in [3.05, 3.63) is 66.2 Å². The Morgan fingerprint density at radius 1 is 1.11 bits per heavy atom. The number of amides is 1. The third-order valence-electron chi connectivity index (χ3n) is 5.35. The normalized spacial score (nSPS) is 26.9. The molecule has 1 heterocycles. The number of esters is 1. The topological polar surface area (TPSA) is 110 Å². The number of carbonyl (C=O) groups excluding carboxylic acids is 2. The van der Waals surface area contributed by atoms with Crippen LogP contribution in [-0.2, 0) is 19.1 Å². The largest absolute Gasteiger partial charge is 0.479 e. The molecule has 0 radical (unpaired) electrons. The molecule has 1 fully saturated rings. The van der Waals surface area contributed by atoms with Gasteiger partial charge < -0.3 is 15.6 Å². The number of carboxylic acids is 1.